The smallest absolute Gasteiger partial charge is 0.416 e. The van der Waals surface area contributed by atoms with E-state index in [0.717, 1.165) is 24.3 Å². The Morgan fingerprint density at radius 1 is 0.667 bits per heavy atom. The second-order valence-corrected chi connectivity index (χ2v) is 8.82. The average molecular weight is 642 g/mol. The number of ether oxygens (including phenoxy) is 3. The molecule has 0 bridgehead atoms. The Balaban J connectivity index is 1.92. The van der Waals surface area contributed by atoms with Gasteiger partial charge in [0.1, 0.15) is 5.75 Å². The molecular formula is C28H20F6N2O9. The first-order valence-electron chi connectivity index (χ1n) is 12.2. The lowest BCUT2D eigenvalue weighted by atomic mass is 10.1. The molecule has 45 heavy (non-hydrogen) atoms. The van der Waals surface area contributed by atoms with Gasteiger partial charge in [0.25, 0.3) is 11.8 Å². The molecule has 0 saturated heterocycles. The molecule has 2 atom stereocenters. The average Bonchev–Trinajstić information content (AvgIpc) is 3.00. The molecule has 0 aromatic heterocycles. The largest absolute Gasteiger partial charge is 0.497 e. The van der Waals surface area contributed by atoms with Crippen LogP contribution in [-0.4, -0.2) is 54.1 Å². The Kier molecular flexibility index (Phi) is 10.4. The van der Waals surface area contributed by atoms with Gasteiger partial charge in [0, 0.05) is 5.56 Å². The SMILES string of the molecule is COc1ccc(C(=O)NNC(=O)[C@H](OC(=O)c2cccc(C(F)(F)F)c2)[C@H](OC(=O)c2cccc(C(F)(F)F)c2)C(=O)O)cc1. The van der Waals surface area contributed by atoms with Crippen LogP contribution in [0.25, 0.3) is 0 Å². The van der Waals surface area contributed by atoms with Crippen molar-refractivity contribution < 1.29 is 69.6 Å². The van der Waals surface area contributed by atoms with Crippen molar-refractivity contribution in [1.29, 1.82) is 0 Å². The molecule has 3 aromatic rings. The first-order valence-corrected chi connectivity index (χ1v) is 12.2. The maximum atomic E-state index is 13.2. The maximum Gasteiger partial charge on any atom is 0.416 e. The van der Waals surface area contributed by atoms with E-state index in [1.54, 1.807) is 5.43 Å². The molecule has 0 aliphatic rings. The van der Waals surface area contributed by atoms with Gasteiger partial charge in [-0.05, 0) is 60.7 Å². The first kappa shape index (κ1) is 33.9. The highest BCUT2D eigenvalue weighted by molar-refractivity contribution is 5.99. The number of methoxy groups -OCH3 is 1. The molecule has 0 heterocycles. The van der Waals surface area contributed by atoms with E-state index in [1.165, 1.54) is 31.4 Å². The molecule has 0 radical (unpaired) electrons. The van der Waals surface area contributed by atoms with Crippen LogP contribution in [0.15, 0.2) is 72.8 Å². The highest BCUT2D eigenvalue weighted by atomic mass is 19.4. The number of carbonyl (C=O) groups excluding carboxylic acids is 4. The van der Waals surface area contributed by atoms with Gasteiger partial charge in [0.15, 0.2) is 0 Å². The second kappa shape index (κ2) is 13.8. The fourth-order valence-electron chi connectivity index (χ4n) is 3.51. The van der Waals surface area contributed by atoms with Gasteiger partial charge in [0.05, 0.1) is 29.4 Å². The number of amides is 2. The van der Waals surface area contributed by atoms with Crippen LogP contribution in [0.3, 0.4) is 0 Å². The lowest BCUT2D eigenvalue weighted by Gasteiger charge is -2.24. The van der Waals surface area contributed by atoms with E-state index in [0.29, 0.717) is 30.0 Å². The fraction of sp³-hybridized carbons (Fsp3) is 0.179. The summed E-state index contributed by atoms with van der Waals surface area (Å²) in [7, 11) is 1.36. The van der Waals surface area contributed by atoms with Gasteiger partial charge in [-0.15, -0.1) is 0 Å². The molecule has 11 nitrogen and oxygen atoms in total. The highest BCUT2D eigenvalue weighted by Crippen LogP contribution is 2.31. The summed E-state index contributed by atoms with van der Waals surface area (Å²) in [6.07, 6.45) is -15.3. The van der Waals surface area contributed by atoms with E-state index in [1.807, 2.05) is 5.43 Å². The highest BCUT2D eigenvalue weighted by Gasteiger charge is 2.42. The summed E-state index contributed by atoms with van der Waals surface area (Å²) in [6.45, 7) is 0. The van der Waals surface area contributed by atoms with Gasteiger partial charge < -0.3 is 19.3 Å². The van der Waals surface area contributed by atoms with Crippen molar-refractivity contribution in [3.63, 3.8) is 0 Å². The van der Waals surface area contributed by atoms with Crippen molar-refractivity contribution in [2.75, 3.05) is 7.11 Å². The summed E-state index contributed by atoms with van der Waals surface area (Å²) >= 11 is 0. The number of carboxylic acid groups (broad SMARTS) is 1. The molecule has 238 valence electrons. The van der Waals surface area contributed by atoms with E-state index in [-0.39, 0.29) is 5.56 Å². The van der Waals surface area contributed by atoms with E-state index in [4.69, 9.17) is 14.2 Å². The number of alkyl halides is 6. The van der Waals surface area contributed by atoms with E-state index < -0.39 is 76.5 Å². The third kappa shape index (κ3) is 8.94. The van der Waals surface area contributed by atoms with Crippen LogP contribution >= 0.6 is 0 Å². The molecule has 0 aliphatic carbocycles. The van der Waals surface area contributed by atoms with Gasteiger partial charge in [-0.2, -0.15) is 26.3 Å². The van der Waals surface area contributed by atoms with Gasteiger partial charge in [-0.3, -0.25) is 20.4 Å². The Bertz CT molecular complexity index is 1590. The molecule has 0 fully saturated rings. The predicted octanol–water partition coefficient (Wildman–Crippen LogP) is 4.03. The van der Waals surface area contributed by atoms with Gasteiger partial charge in [-0.1, -0.05) is 12.1 Å². The molecule has 0 aliphatic heterocycles. The van der Waals surface area contributed by atoms with E-state index in [9.17, 15) is 55.4 Å². The number of hydrogen-bond acceptors (Lipinski definition) is 8. The number of hydrazine groups is 1. The van der Waals surface area contributed by atoms with E-state index in [2.05, 4.69) is 0 Å². The minimum atomic E-state index is -4.91. The number of halogens is 6. The van der Waals surface area contributed by atoms with Crippen LogP contribution in [0.2, 0.25) is 0 Å². The monoisotopic (exact) mass is 642 g/mol. The Labute approximate surface area is 248 Å². The third-order valence-corrected chi connectivity index (χ3v) is 5.75. The van der Waals surface area contributed by atoms with Crippen molar-refractivity contribution in [3.05, 3.63) is 101 Å². The number of esters is 2. The van der Waals surface area contributed by atoms with Crippen molar-refractivity contribution >= 4 is 29.7 Å². The normalized spacial score (nSPS) is 12.7. The molecule has 3 N–H and O–H groups in total. The molecule has 2 amide bonds. The lowest BCUT2D eigenvalue weighted by molar-refractivity contribution is -0.159. The Hall–Kier alpha value is -5.61. The summed E-state index contributed by atoms with van der Waals surface area (Å²) in [4.78, 5) is 63.0. The summed E-state index contributed by atoms with van der Waals surface area (Å²) in [5.41, 5.74) is -0.663. The van der Waals surface area contributed by atoms with Crippen LogP contribution in [-0.2, 0) is 31.4 Å². The van der Waals surface area contributed by atoms with Crippen molar-refractivity contribution in [2.24, 2.45) is 0 Å². The number of carbonyl (C=O) groups is 5. The molecule has 0 unspecified atom stereocenters. The standard InChI is InChI=1S/C28H20F6N2O9/c1-43-19-10-8-14(9-11-19)22(37)35-36-23(38)20(44-25(41)15-4-2-6-17(12-15)27(29,30)31)21(24(39)40)45-26(42)16-5-3-7-18(13-16)28(32,33)34/h2-13,20-21H,1H3,(H,35,37)(H,36,38)(H,39,40)/t20-,21+/m1/s1. The van der Waals surface area contributed by atoms with Gasteiger partial charge in [-0.25, -0.2) is 14.4 Å². The number of hydrogen-bond donors (Lipinski definition) is 3. The topological polar surface area (TPSA) is 157 Å². The predicted molar refractivity (Wildman–Crippen MR) is 138 cm³/mol. The van der Waals surface area contributed by atoms with Crippen LogP contribution < -0.4 is 15.6 Å². The summed E-state index contributed by atoms with van der Waals surface area (Å²) in [5, 5.41) is 9.73. The number of nitrogens with one attached hydrogen (secondary N) is 2. The fourth-order valence-corrected chi connectivity index (χ4v) is 3.51. The zero-order valence-electron chi connectivity index (χ0n) is 22.6. The minimum absolute atomic E-state index is 0.0561. The van der Waals surface area contributed by atoms with Crippen molar-refractivity contribution in [1.82, 2.24) is 10.9 Å². The van der Waals surface area contributed by atoms with Crippen LogP contribution in [0.1, 0.15) is 42.2 Å². The van der Waals surface area contributed by atoms with Crippen LogP contribution in [0.4, 0.5) is 26.3 Å². The van der Waals surface area contributed by atoms with Gasteiger partial charge in [0.2, 0.25) is 12.2 Å². The summed E-state index contributed by atoms with van der Waals surface area (Å²) in [5.74, 6) is -7.83. The van der Waals surface area contributed by atoms with E-state index >= 15 is 0 Å². The quantitative estimate of drug-likeness (QED) is 0.178. The first-order chi connectivity index (χ1) is 21.0. The zero-order valence-corrected chi connectivity index (χ0v) is 22.6. The zero-order chi connectivity index (χ0) is 33.5. The van der Waals surface area contributed by atoms with Crippen LogP contribution in [0, 0.1) is 0 Å². The van der Waals surface area contributed by atoms with Gasteiger partial charge >= 0.3 is 30.3 Å². The lowest BCUT2D eigenvalue weighted by Crippen LogP contribution is -2.54. The molecule has 3 rings (SSSR count). The van der Waals surface area contributed by atoms with Crippen LogP contribution in [0.5, 0.6) is 5.75 Å². The van der Waals surface area contributed by atoms with Crippen molar-refractivity contribution in [3.8, 4) is 5.75 Å². The molecule has 0 spiro atoms. The van der Waals surface area contributed by atoms with Crippen molar-refractivity contribution in [2.45, 2.75) is 24.6 Å². The number of benzene rings is 3. The number of carboxylic acids is 1. The second-order valence-electron chi connectivity index (χ2n) is 8.82. The Morgan fingerprint density at radius 3 is 1.56 bits per heavy atom. The number of aliphatic carboxylic acids is 1. The Morgan fingerprint density at radius 2 is 1.13 bits per heavy atom. The molecule has 3 aromatic carbocycles. The molecule has 17 heteroatoms. The minimum Gasteiger partial charge on any atom is -0.497 e. The summed E-state index contributed by atoms with van der Waals surface area (Å²) < 4.78 is 93.3. The molecule has 0 saturated carbocycles. The maximum absolute atomic E-state index is 13.2. The summed E-state index contributed by atoms with van der Waals surface area (Å²) in [6, 6.07) is 10.4. The number of rotatable bonds is 9. The molecular weight excluding hydrogens is 622 g/mol. The third-order valence-electron chi connectivity index (χ3n) is 5.75.